The van der Waals surface area contributed by atoms with Gasteiger partial charge in [0.1, 0.15) is 0 Å². The van der Waals surface area contributed by atoms with Gasteiger partial charge in [0.05, 0.1) is 6.54 Å². The fourth-order valence-corrected chi connectivity index (χ4v) is 2.74. The summed E-state index contributed by atoms with van der Waals surface area (Å²) < 4.78 is 0. The second kappa shape index (κ2) is 4.02. The van der Waals surface area contributed by atoms with Crippen molar-refractivity contribution in [3.05, 3.63) is 29.8 Å². The number of benzene rings is 1. The van der Waals surface area contributed by atoms with Crippen LogP contribution >= 0.6 is 11.8 Å². The number of rotatable bonds is 3. The van der Waals surface area contributed by atoms with Gasteiger partial charge < -0.3 is 5.11 Å². The molecular formula is C10H11NO2S. The van der Waals surface area contributed by atoms with Crippen molar-refractivity contribution in [3.8, 4) is 0 Å². The number of nitrogens with one attached hydrogen (secondary N) is 1. The zero-order valence-corrected chi connectivity index (χ0v) is 8.38. The molecule has 1 atom stereocenters. The molecule has 1 aromatic rings. The predicted octanol–water partition coefficient (Wildman–Crippen LogP) is 1.51. The Bertz CT molecular complexity index is 354. The quantitative estimate of drug-likeness (QED) is 0.792. The molecule has 1 unspecified atom stereocenters. The largest absolute Gasteiger partial charge is 0.480 e. The minimum absolute atomic E-state index is 0.0273. The molecule has 2 N–H and O–H groups in total. The molecule has 1 heterocycles. The lowest BCUT2D eigenvalue weighted by Gasteiger charge is -2.10. The third kappa shape index (κ3) is 1.91. The zero-order chi connectivity index (χ0) is 9.97. The van der Waals surface area contributed by atoms with Crippen LogP contribution in [0.4, 0.5) is 0 Å². The van der Waals surface area contributed by atoms with Crippen molar-refractivity contribution >= 4 is 17.7 Å². The molecule has 0 radical (unpaired) electrons. The van der Waals surface area contributed by atoms with Crippen LogP contribution in [-0.4, -0.2) is 23.4 Å². The van der Waals surface area contributed by atoms with E-state index in [1.165, 1.54) is 10.5 Å². The van der Waals surface area contributed by atoms with Gasteiger partial charge >= 0.3 is 5.97 Å². The van der Waals surface area contributed by atoms with Crippen molar-refractivity contribution < 1.29 is 9.90 Å². The van der Waals surface area contributed by atoms with E-state index < -0.39 is 5.97 Å². The molecule has 0 fully saturated rings. The highest BCUT2D eigenvalue weighted by Crippen LogP contribution is 2.37. The maximum absolute atomic E-state index is 10.4. The highest BCUT2D eigenvalue weighted by atomic mass is 32.2. The van der Waals surface area contributed by atoms with Crippen LogP contribution < -0.4 is 5.32 Å². The summed E-state index contributed by atoms with van der Waals surface area (Å²) >= 11 is 1.77. The van der Waals surface area contributed by atoms with Crippen molar-refractivity contribution in [1.29, 1.82) is 0 Å². The standard InChI is InChI=1S/C10H11NO2S/c12-10(13)5-11-8-6-14-9-4-2-1-3-7(8)9/h1-4,8,11H,5-6H2,(H,12,13). The Morgan fingerprint density at radius 2 is 2.36 bits per heavy atom. The monoisotopic (exact) mass is 209 g/mol. The Kier molecular flexibility index (Phi) is 2.74. The molecule has 1 aliphatic rings. The molecule has 0 spiro atoms. The van der Waals surface area contributed by atoms with Gasteiger partial charge in [-0.2, -0.15) is 0 Å². The van der Waals surface area contributed by atoms with E-state index in [4.69, 9.17) is 5.11 Å². The summed E-state index contributed by atoms with van der Waals surface area (Å²) in [4.78, 5) is 11.7. The lowest BCUT2D eigenvalue weighted by Crippen LogP contribution is -2.27. The highest BCUT2D eigenvalue weighted by Gasteiger charge is 2.22. The van der Waals surface area contributed by atoms with Crippen LogP contribution in [0.1, 0.15) is 11.6 Å². The van der Waals surface area contributed by atoms with E-state index in [9.17, 15) is 4.79 Å². The van der Waals surface area contributed by atoms with Gasteiger partial charge in [-0.25, -0.2) is 0 Å². The van der Waals surface area contributed by atoms with Crippen LogP contribution in [0.5, 0.6) is 0 Å². The first-order valence-electron chi connectivity index (χ1n) is 4.44. The second-order valence-electron chi connectivity index (χ2n) is 3.18. The molecule has 4 heteroatoms. The number of thioether (sulfide) groups is 1. The molecule has 0 aliphatic carbocycles. The Morgan fingerprint density at radius 3 is 3.14 bits per heavy atom. The smallest absolute Gasteiger partial charge is 0.317 e. The third-order valence-electron chi connectivity index (χ3n) is 2.20. The van der Waals surface area contributed by atoms with Gasteiger partial charge in [-0.05, 0) is 11.6 Å². The van der Waals surface area contributed by atoms with Crippen LogP contribution in [-0.2, 0) is 4.79 Å². The van der Waals surface area contributed by atoms with Crippen LogP contribution in [0.2, 0.25) is 0 Å². The van der Waals surface area contributed by atoms with E-state index in [2.05, 4.69) is 17.4 Å². The van der Waals surface area contributed by atoms with Crippen molar-refractivity contribution in [2.24, 2.45) is 0 Å². The van der Waals surface area contributed by atoms with Crippen molar-refractivity contribution in [2.75, 3.05) is 12.3 Å². The van der Waals surface area contributed by atoms with E-state index in [1.54, 1.807) is 11.8 Å². The summed E-state index contributed by atoms with van der Waals surface area (Å²) in [5.41, 5.74) is 1.22. The van der Waals surface area contributed by atoms with Gasteiger partial charge in [0.15, 0.2) is 0 Å². The normalized spacial score (nSPS) is 19.3. The zero-order valence-electron chi connectivity index (χ0n) is 7.56. The van der Waals surface area contributed by atoms with Gasteiger partial charge in [-0.3, -0.25) is 10.1 Å². The number of fused-ring (bicyclic) bond motifs is 1. The summed E-state index contributed by atoms with van der Waals surface area (Å²) in [5, 5.41) is 11.6. The minimum atomic E-state index is -0.806. The van der Waals surface area contributed by atoms with Crippen molar-refractivity contribution in [2.45, 2.75) is 10.9 Å². The first-order chi connectivity index (χ1) is 6.77. The minimum Gasteiger partial charge on any atom is -0.480 e. The molecule has 1 aliphatic heterocycles. The highest BCUT2D eigenvalue weighted by molar-refractivity contribution is 7.99. The average molecular weight is 209 g/mol. The molecule has 0 aromatic heterocycles. The molecule has 0 bridgehead atoms. The molecular weight excluding hydrogens is 198 g/mol. The molecule has 0 saturated carbocycles. The topological polar surface area (TPSA) is 49.3 Å². The van der Waals surface area contributed by atoms with Gasteiger partial charge in [-0.15, -0.1) is 11.8 Å². The van der Waals surface area contributed by atoms with Crippen LogP contribution in [0, 0.1) is 0 Å². The second-order valence-corrected chi connectivity index (χ2v) is 4.24. The lowest BCUT2D eigenvalue weighted by molar-refractivity contribution is -0.136. The average Bonchev–Trinajstić information content (AvgIpc) is 2.58. The first kappa shape index (κ1) is 9.55. The molecule has 3 nitrogen and oxygen atoms in total. The Balaban J connectivity index is 2.07. The molecule has 2 rings (SSSR count). The fourth-order valence-electron chi connectivity index (χ4n) is 1.54. The Hall–Kier alpha value is -1.00. The lowest BCUT2D eigenvalue weighted by atomic mass is 10.1. The van der Waals surface area contributed by atoms with Crippen molar-refractivity contribution in [3.63, 3.8) is 0 Å². The first-order valence-corrected chi connectivity index (χ1v) is 5.43. The molecule has 74 valence electrons. The number of aliphatic carboxylic acids is 1. The van der Waals surface area contributed by atoms with Crippen LogP contribution in [0.3, 0.4) is 0 Å². The van der Waals surface area contributed by atoms with Gasteiger partial charge in [0, 0.05) is 16.7 Å². The third-order valence-corrected chi connectivity index (χ3v) is 3.38. The summed E-state index contributed by atoms with van der Waals surface area (Å²) in [6.07, 6.45) is 0. The van der Waals surface area contributed by atoms with Gasteiger partial charge in [0.25, 0.3) is 0 Å². The van der Waals surface area contributed by atoms with Gasteiger partial charge in [-0.1, -0.05) is 18.2 Å². The summed E-state index contributed by atoms with van der Waals surface area (Å²) in [5.74, 6) is 0.117. The Labute approximate surface area is 86.5 Å². The number of hydrogen-bond acceptors (Lipinski definition) is 3. The molecule has 14 heavy (non-hydrogen) atoms. The Morgan fingerprint density at radius 1 is 1.57 bits per heavy atom. The summed E-state index contributed by atoms with van der Waals surface area (Å²) in [7, 11) is 0. The molecule has 0 saturated heterocycles. The SMILES string of the molecule is O=C(O)CNC1CSc2ccccc21. The van der Waals surface area contributed by atoms with E-state index in [0.717, 1.165) is 5.75 Å². The molecule has 0 amide bonds. The molecule has 1 aromatic carbocycles. The maximum Gasteiger partial charge on any atom is 0.317 e. The number of hydrogen-bond donors (Lipinski definition) is 2. The van der Waals surface area contributed by atoms with Crippen molar-refractivity contribution in [1.82, 2.24) is 5.32 Å². The van der Waals surface area contributed by atoms with E-state index in [0.29, 0.717) is 0 Å². The number of carboxylic acids is 1. The summed E-state index contributed by atoms with van der Waals surface area (Å²) in [6, 6.07) is 8.30. The van der Waals surface area contributed by atoms with Crippen LogP contribution in [0.25, 0.3) is 0 Å². The van der Waals surface area contributed by atoms with Gasteiger partial charge in [0.2, 0.25) is 0 Å². The fraction of sp³-hybridized carbons (Fsp3) is 0.300. The summed E-state index contributed by atoms with van der Waals surface area (Å²) in [6.45, 7) is 0.0273. The van der Waals surface area contributed by atoms with Crippen LogP contribution in [0.15, 0.2) is 29.2 Å². The number of carbonyl (C=O) groups is 1. The van der Waals surface area contributed by atoms with E-state index in [-0.39, 0.29) is 12.6 Å². The van der Waals surface area contributed by atoms with E-state index >= 15 is 0 Å². The number of carboxylic acid groups (broad SMARTS) is 1. The predicted molar refractivity (Wildman–Crippen MR) is 55.5 cm³/mol. The maximum atomic E-state index is 10.4. The van der Waals surface area contributed by atoms with E-state index in [1.807, 2.05) is 12.1 Å².